The summed E-state index contributed by atoms with van der Waals surface area (Å²) in [7, 11) is 0. The SMILES string of the molecule is CCOC(=O)c1nn(-c2ccccc2F)c(=O)c2c(NC(=O)CCCCl)scc12. The number of esters is 1. The van der Waals surface area contributed by atoms with Gasteiger partial charge in [-0.1, -0.05) is 12.1 Å². The van der Waals surface area contributed by atoms with Crippen molar-refractivity contribution in [2.75, 3.05) is 17.8 Å². The van der Waals surface area contributed by atoms with Gasteiger partial charge in [-0.3, -0.25) is 9.59 Å². The second-order valence-corrected chi connectivity index (χ2v) is 7.19. The van der Waals surface area contributed by atoms with Crippen molar-refractivity contribution in [3.8, 4) is 5.69 Å². The Labute approximate surface area is 174 Å². The zero-order valence-corrected chi connectivity index (χ0v) is 17.0. The van der Waals surface area contributed by atoms with Crippen LogP contribution in [0.2, 0.25) is 0 Å². The van der Waals surface area contributed by atoms with Gasteiger partial charge in [0.05, 0.1) is 12.0 Å². The van der Waals surface area contributed by atoms with Crippen LogP contribution in [0.25, 0.3) is 16.5 Å². The van der Waals surface area contributed by atoms with Crippen molar-refractivity contribution < 1.29 is 18.7 Å². The predicted molar refractivity (Wildman–Crippen MR) is 110 cm³/mol. The summed E-state index contributed by atoms with van der Waals surface area (Å²) >= 11 is 6.69. The van der Waals surface area contributed by atoms with Crippen LogP contribution < -0.4 is 10.9 Å². The van der Waals surface area contributed by atoms with Gasteiger partial charge in [-0.05, 0) is 25.5 Å². The van der Waals surface area contributed by atoms with Crippen LogP contribution in [0.5, 0.6) is 0 Å². The Morgan fingerprint density at radius 3 is 2.79 bits per heavy atom. The third-order valence-electron chi connectivity index (χ3n) is 3.99. The Morgan fingerprint density at radius 1 is 1.34 bits per heavy atom. The molecule has 0 aliphatic rings. The first-order valence-electron chi connectivity index (χ1n) is 8.80. The molecular formula is C19H17ClFN3O4S. The van der Waals surface area contributed by atoms with Crippen molar-refractivity contribution >= 4 is 50.6 Å². The van der Waals surface area contributed by atoms with Crippen molar-refractivity contribution in [2.45, 2.75) is 19.8 Å². The van der Waals surface area contributed by atoms with E-state index in [9.17, 15) is 18.8 Å². The average molecular weight is 438 g/mol. The molecule has 10 heteroatoms. The highest BCUT2D eigenvalue weighted by Crippen LogP contribution is 2.31. The fourth-order valence-electron chi connectivity index (χ4n) is 2.70. The molecule has 1 N–H and O–H groups in total. The number of halogens is 2. The van der Waals surface area contributed by atoms with Crippen molar-refractivity contribution in [3.05, 3.63) is 51.5 Å². The number of alkyl halides is 1. The Hall–Kier alpha value is -2.78. The van der Waals surface area contributed by atoms with E-state index >= 15 is 0 Å². The van der Waals surface area contributed by atoms with Crippen molar-refractivity contribution in [1.29, 1.82) is 0 Å². The molecule has 3 rings (SSSR count). The molecule has 0 unspecified atom stereocenters. The quantitative estimate of drug-likeness (QED) is 0.449. The number of thiophene rings is 1. The highest BCUT2D eigenvalue weighted by molar-refractivity contribution is 7.16. The summed E-state index contributed by atoms with van der Waals surface area (Å²) in [5.41, 5.74) is -0.912. The Kier molecular flexibility index (Phi) is 6.60. The number of aromatic nitrogens is 2. The van der Waals surface area contributed by atoms with Gasteiger partial charge in [0.15, 0.2) is 5.69 Å². The van der Waals surface area contributed by atoms with E-state index in [1.165, 1.54) is 18.2 Å². The number of benzene rings is 1. The first-order valence-corrected chi connectivity index (χ1v) is 10.2. The zero-order chi connectivity index (χ0) is 21.0. The van der Waals surface area contributed by atoms with Crippen LogP contribution >= 0.6 is 22.9 Å². The molecule has 152 valence electrons. The summed E-state index contributed by atoms with van der Waals surface area (Å²) in [6, 6.07) is 5.57. The summed E-state index contributed by atoms with van der Waals surface area (Å²) in [4.78, 5) is 37.6. The van der Waals surface area contributed by atoms with Gasteiger partial charge in [-0.15, -0.1) is 22.9 Å². The van der Waals surface area contributed by atoms with E-state index in [0.29, 0.717) is 12.3 Å². The van der Waals surface area contributed by atoms with Gasteiger partial charge >= 0.3 is 5.97 Å². The number of nitrogens with zero attached hydrogens (tertiary/aromatic N) is 2. The first kappa shape index (κ1) is 20.9. The summed E-state index contributed by atoms with van der Waals surface area (Å²) in [5, 5.41) is 8.82. The lowest BCUT2D eigenvalue weighted by Gasteiger charge is -2.10. The van der Waals surface area contributed by atoms with E-state index in [-0.39, 0.29) is 46.1 Å². The number of fused-ring (bicyclic) bond motifs is 1. The molecule has 0 aliphatic carbocycles. The van der Waals surface area contributed by atoms with Crippen LogP contribution in [0.4, 0.5) is 9.39 Å². The molecule has 0 saturated heterocycles. The molecular weight excluding hydrogens is 421 g/mol. The Balaban J connectivity index is 2.22. The maximum atomic E-state index is 14.3. The molecule has 3 aromatic rings. The van der Waals surface area contributed by atoms with Gasteiger partial charge in [0.25, 0.3) is 5.56 Å². The standard InChI is InChI=1S/C19H17ClFN3O4S/c1-2-28-19(27)16-11-10-29-17(22-14(25)8-5-9-20)15(11)18(26)24(23-16)13-7-4-3-6-12(13)21/h3-4,6-7,10H,2,5,8-9H2,1H3,(H,22,25). The number of amides is 1. The highest BCUT2D eigenvalue weighted by atomic mass is 35.5. The topological polar surface area (TPSA) is 90.3 Å². The molecule has 0 bridgehead atoms. The molecule has 1 amide bonds. The van der Waals surface area contributed by atoms with E-state index in [2.05, 4.69) is 10.4 Å². The Bertz CT molecular complexity index is 1130. The molecule has 29 heavy (non-hydrogen) atoms. The number of carbonyl (C=O) groups excluding carboxylic acids is 2. The average Bonchev–Trinajstić information content (AvgIpc) is 3.11. The smallest absolute Gasteiger partial charge is 0.359 e. The number of ether oxygens (including phenoxy) is 1. The van der Waals surface area contributed by atoms with Crippen LogP contribution in [-0.4, -0.2) is 34.1 Å². The maximum Gasteiger partial charge on any atom is 0.359 e. The first-order chi connectivity index (χ1) is 14.0. The number of nitrogens with one attached hydrogen (secondary N) is 1. The lowest BCUT2D eigenvalue weighted by Crippen LogP contribution is -2.26. The number of hydrogen-bond donors (Lipinski definition) is 1. The third-order valence-corrected chi connectivity index (χ3v) is 5.15. The van der Waals surface area contributed by atoms with Gasteiger partial charge in [0, 0.05) is 23.1 Å². The minimum Gasteiger partial charge on any atom is -0.461 e. The molecule has 0 saturated carbocycles. The largest absolute Gasteiger partial charge is 0.461 e. The van der Waals surface area contributed by atoms with E-state index in [0.717, 1.165) is 16.0 Å². The monoisotopic (exact) mass is 437 g/mol. The van der Waals surface area contributed by atoms with Gasteiger partial charge in [-0.25, -0.2) is 9.18 Å². The lowest BCUT2D eigenvalue weighted by molar-refractivity contribution is -0.116. The fourth-order valence-corrected chi connectivity index (χ4v) is 3.78. The van der Waals surface area contributed by atoms with Crippen LogP contribution in [0.15, 0.2) is 34.4 Å². The van der Waals surface area contributed by atoms with Crippen LogP contribution in [0, 0.1) is 5.82 Å². The van der Waals surface area contributed by atoms with Gasteiger partial charge in [-0.2, -0.15) is 9.78 Å². The molecule has 0 fully saturated rings. The number of anilines is 1. The van der Waals surface area contributed by atoms with Crippen molar-refractivity contribution in [1.82, 2.24) is 9.78 Å². The maximum absolute atomic E-state index is 14.3. The number of rotatable bonds is 7. The number of carbonyl (C=O) groups is 2. The van der Waals surface area contributed by atoms with E-state index in [4.69, 9.17) is 16.3 Å². The number of para-hydroxylation sites is 1. The molecule has 0 radical (unpaired) electrons. The summed E-state index contributed by atoms with van der Waals surface area (Å²) in [6.07, 6.45) is 0.659. The van der Waals surface area contributed by atoms with Gasteiger partial charge in [0.1, 0.15) is 16.5 Å². The van der Waals surface area contributed by atoms with E-state index in [1.807, 2.05) is 0 Å². The molecule has 0 spiro atoms. The minimum atomic E-state index is -0.750. The van der Waals surface area contributed by atoms with Crippen LogP contribution in [0.1, 0.15) is 30.3 Å². The lowest BCUT2D eigenvalue weighted by atomic mass is 10.2. The number of hydrogen-bond acceptors (Lipinski definition) is 6. The normalized spacial score (nSPS) is 10.9. The van der Waals surface area contributed by atoms with E-state index in [1.54, 1.807) is 18.4 Å². The second-order valence-electron chi connectivity index (χ2n) is 5.93. The summed E-state index contributed by atoms with van der Waals surface area (Å²) < 4.78 is 20.2. The molecule has 0 atom stereocenters. The van der Waals surface area contributed by atoms with Crippen molar-refractivity contribution in [2.24, 2.45) is 0 Å². The molecule has 7 nitrogen and oxygen atoms in total. The van der Waals surface area contributed by atoms with E-state index < -0.39 is 17.3 Å². The highest BCUT2D eigenvalue weighted by Gasteiger charge is 2.23. The minimum absolute atomic E-state index is 0.0653. The predicted octanol–water partition coefficient (Wildman–Crippen LogP) is 3.72. The van der Waals surface area contributed by atoms with Gasteiger partial charge in [0.2, 0.25) is 5.91 Å². The molecule has 2 aromatic heterocycles. The zero-order valence-electron chi connectivity index (χ0n) is 15.4. The van der Waals surface area contributed by atoms with Crippen molar-refractivity contribution in [3.63, 3.8) is 0 Å². The fraction of sp³-hybridized carbons (Fsp3) is 0.263. The molecule has 1 aromatic carbocycles. The summed E-state index contributed by atoms with van der Waals surface area (Å²) in [5.74, 6) is -1.42. The third kappa shape index (κ3) is 4.30. The summed E-state index contributed by atoms with van der Waals surface area (Å²) in [6.45, 7) is 1.74. The van der Waals surface area contributed by atoms with Crippen LogP contribution in [-0.2, 0) is 9.53 Å². The second kappa shape index (κ2) is 9.15. The molecule has 2 heterocycles. The van der Waals surface area contributed by atoms with Crippen LogP contribution in [0.3, 0.4) is 0 Å². The Morgan fingerprint density at radius 2 is 2.10 bits per heavy atom. The van der Waals surface area contributed by atoms with Gasteiger partial charge < -0.3 is 10.1 Å². The molecule has 0 aliphatic heterocycles.